The van der Waals surface area contributed by atoms with Crippen LogP contribution in [-0.2, 0) is 10.7 Å². The molecule has 2 fully saturated rings. The van der Waals surface area contributed by atoms with Crippen molar-refractivity contribution in [3.63, 3.8) is 0 Å². The van der Waals surface area contributed by atoms with Crippen molar-refractivity contribution >= 4 is 11.6 Å². The van der Waals surface area contributed by atoms with E-state index in [-0.39, 0.29) is 49.4 Å². The molecule has 2 aliphatic heterocycles. The number of nitrogens with zero attached hydrogens (tertiary/aromatic N) is 1. The van der Waals surface area contributed by atoms with Crippen LogP contribution in [0.1, 0.15) is 21.5 Å². The highest BCUT2D eigenvalue weighted by molar-refractivity contribution is 6.04. The van der Waals surface area contributed by atoms with E-state index in [1.165, 1.54) is 30.0 Å². The summed E-state index contributed by atoms with van der Waals surface area (Å²) in [5, 5.41) is 12.8. The minimum atomic E-state index is -3.79. The number of hydrogen-bond donors (Lipinski definition) is 2. The third-order valence-corrected chi connectivity index (χ3v) is 6.27. The number of likely N-dealkylation sites (tertiary alicyclic amines) is 1. The number of allylic oxidation sites excluding steroid dienone is 1. The number of benzene rings is 2. The molecule has 2 aromatic carbocycles. The first-order valence-electron chi connectivity index (χ1n) is 10.5. The Morgan fingerprint density at radius 3 is 2.39 bits per heavy atom. The van der Waals surface area contributed by atoms with Crippen molar-refractivity contribution in [2.24, 2.45) is 11.8 Å². The number of carbonyl (C=O) groups excluding carboxylic acids is 1. The van der Waals surface area contributed by atoms with Crippen LogP contribution in [0, 0.1) is 30.4 Å². The topological polar surface area (TPSA) is 61.8 Å². The molecule has 1 amide bonds. The van der Waals surface area contributed by atoms with Crippen LogP contribution in [-0.4, -0.2) is 48.3 Å². The van der Waals surface area contributed by atoms with E-state index in [0.717, 1.165) is 18.2 Å². The fraction of sp³-hybridized carbons (Fsp3) is 0.375. The summed E-state index contributed by atoms with van der Waals surface area (Å²) in [6.45, 7) is 5.77. The van der Waals surface area contributed by atoms with E-state index in [1.807, 2.05) is 0 Å². The molecule has 2 saturated heterocycles. The number of aryl methyl sites for hydroxylation is 1. The molecule has 2 bridgehead atoms. The van der Waals surface area contributed by atoms with Crippen molar-refractivity contribution in [2.45, 2.75) is 19.0 Å². The second kappa shape index (κ2) is 8.79. The van der Waals surface area contributed by atoms with Gasteiger partial charge in [0.25, 0.3) is 5.91 Å². The second-order valence-electron chi connectivity index (χ2n) is 8.59. The van der Waals surface area contributed by atoms with Gasteiger partial charge in [-0.1, -0.05) is 6.58 Å². The number of fused-ring (bicyclic) bond motifs is 2. The van der Waals surface area contributed by atoms with Crippen LogP contribution in [0.2, 0.25) is 0 Å². The fourth-order valence-electron chi connectivity index (χ4n) is 4.32. The third-order valence-electron chi connectivity index (χ3n) is 6.27. The Labute approximate surface area is 188 Å². The van der Waals surface area contributed by atoms with Gasteiger partial charge >= 0.3 is 5.92 Å². The maximum Gasteiger partial charge on any atom is 0.314 e. The maximum absolute atomic E-state index is 15.4. The number of halogens is 4. The number of hydrogen-bond acceptors (Lipinski definition) is 4. The summed E-state index contributed by atoms with van der Waals surface area (Å²) in [4.78, 5) is 14.0. The molecule has 2 unspecified atom stereocenters. The number of aliphatic hydroxyl groups excluding tert-OH is 1. The van der Waals surface area contributed by atoms with E-state index >= 15 is 8.78 Å². The zero-order chi connectivity index (χ0) is 23.9. The number of piperidine rings is 1. The molecule has 2 N–H and O–H groups in total. The van der Waals surface area contributed by atoms with E-state index in [1.54, 1.807) is 0 Å². The molecule has 0 aliphatic carbocycles. The van der Waals surface area contributed by atoms with Gasteiger partial charge in [-0.2, -0.15) is 8.78 Å². The van der Waals surface area contributed by atoms with Crippen molar-refractivity contribution in [3.05, 3.63) is 77.0 Å². The standard InChI is InChI=1S/C24H24F4N2O3/c1-13-7-18(4-6-20(13)25)29-23(32)15-3-5-21(26)19(8-15)24(27,28)14(2)30-9-16-11-33-12-17(10-30)22(16)31/h3-8,16-17,22,31H,2,9-12H2,1H3,(H,29,32). The van der Waals surface area contributed by atoms with Gasteiger partial charge in [-0.25, -0.2) is 8.78 Å². The molecule has 0 aromatic heterocycles. The van der Waals surface area contributed by atoms with Gasteiger partial charge < -0.3 is 20.1 Å². The molecular weight excluding hydrogens is 440 g/mol. The summed E-state index contributed by atoms with van der Waals surface area (Å²) in [6.07, 6.45) is -0.643. The van der Waals surface area contributed by atoms with Crippen LogP contribution in [0.3, 0.4) is 0 Å². The van der Waals surface area contributed by atoms with Gasteiger partial charge in [0.2, 0.25) is 0 Å². The zero-order valence-electron chi connectivity index (χ0n) is 18.0. The number of rotatable bonds is 5. The summed E-state index contributed by atoms with van der Waals surface area (Å²) in [5.41, 5.74) is -1.17. The molecule has 0 saturated carbocycles. The normalized spacial score (nSPS) is 22.7. The van der Waals surface area contributed by atoms with Gasteiger partial charge in [0.05, 0.1) is 30.6 Å². The lowest BCUT2D eigenvalue weighted by Crippen LogP contribution is -2.56. The minimum Gasteiger partial charge on any atom is -0.392 e. The van der Waals surface area contributed by atoms with E-state index in [4.69, 9.17) is 4.74 Å². The SMILES string of the molecule is C=C(N1CC2COCC(C1)C2O)C(F)(F)c1cc(C(=O)Nc2ccc(F)c(C)c2)ccc1F. The van der Waals surface area contributed by atoms with Crippen molar-refractivity contribution in [1.29, 1.82) is 0 Å². The average Bonchev–Trinajstić information content (AvgIpc) is 2.75. The molecule has 9 heteroatoms. The van der Waals surface area contributed by atoms with Crippen LogP contribution >= 0.6 is 0 Å². The smallest absolute Gasteiger partial charge is 0.314 e. The minimum absolute atomic E-state index is 0.109. The number of anilines is 1. The first kappa shape index (κ1) is 23.3. The summed E-state index contributed by atoms with van der Waals surface area (Å²) in [6, 6.07) is 6.63. The molecule has 2 atom stereocenters. The van der Waals surface area contributed by atoms with Gasteiger partial charge in [-0.05, 0) is 48.9 Å². The van der Waals surface area contributed by atoms with Gasteiger partial charge in [0.1, 0.15) is 11.6 Å². The number of aliphatic hydroxyl groups is 1. The number of nitrogens with one attached hydrogen (secondary N) is 1. The van der Waals surface area contributed by atoms with E-state index in [9.17, 15) is 18.7 Å². The van der Waals surface area contributed by atoms with Crippen molar-refractivity contribution in [3.8, 4) is 0 Å². The summed E-state index contributed by atoms with van der Waals surface area (Å²) in [5.74, 6) is -6.83. The van der Waals surface area contributed by atoms with E-state index in [2.05, 4.69) is 11.9 Å². The second-order valence-corrected chi connectivity index (χ2v) is 8.59. The predicted molar refractivity (Wildman–Crippen MR) is 114 cm³/mol. The van der Waals surface area contributed by atoms with Crippen LogP contribution < -0.4 is 5.32 Å². The van der Waals surface area contributed by atoms with Gasteiger partial charge in [-0.15, -0.1) is 0 Å². The van der Waals surface area contributed by atoms with Crippen molar-refractivity contribution < 1.29 is 32.2 Å². The molecule has 33 heavy (non-hydrogen) atoms. The average molecular weight is 464 g/mol. The first-order valence-corrected chi connectivity index (χ1v) is 10.5. The predicted octanol–water partition coefficient (Wildman–Crippen LogP) is 4.07. The Bertz CT molecular complexity index is 1080. The largest absolute Gasteiger partial charge is 0.392 e. The quantitative estimate of drug-likeness (QED) is 0.655. The fourth-order valence-corrected chi connectivity index (χ4v) is 4.32. The molecule has 2 aliphatic rings. The van der Waals surface area contributed by atoms with Crippen molar-refractivity contribution in [2.75, 3.05) is 31.6 Å². The Hall–Kier alpha value is -2.91. The summed E-state index contributed by atoms with van der Waals surface area (Å²) < 4.78 is 64.1. The monoisotopic (exact) mass is 464 g/mol. The van der Waals surface area contributed by atoms with Crippen LogP contribution in [0.25, 0.3) is 0 Å². The number of alkyl halides is 2. The Kier molecular flexibility index (Phi) is 6.20. The highest BCUT2D eigenvalue weighted by atomic mass is 19.3. The van der Waals surface area contributed by atoms with Gasteiger partial charge in [0.15, 0.2) is 0 Å². The Morgan fingerprint density at radius 1 is 1.12 bits per heavy atom. The molecule has 176 valence electrons. The van der Waals surface area contributed by atoms with Crippen molar-refractivity contribution in [1.82, 2.24) is 4.90 Å². The third kappa shape index (κ3) is 4.47. The summed E-state index contributed by atoms with van der Waals surface area (Å²) in [7, 11) is 0. The Morgan fingerprint density at radius 2 is 1.76 bits per heavy atom. The van der Waals surface area contributed by atoms with Crippen LogP contribution in [0.15, 0.2) is 48.7 Å². The van der Waals surface area contributed by atoms with E-state index < -0.39 is 40.8 Å². The van der Waals surface area contributed by atoms with Crippen LogP contribution in [0.4, 0.5) is 23.2 Å². The molecule has 0 radical (unpaired) electrons. The highest BCUT2D eigenvalue weighted by Crippen LogP contribution is 2.41. The number of ether oxygens (including phenoxy) is 1. The molecule has 5 nitrogen and oxygen atoms in total. The van der Waals surface area contributed by atoms with Gasteiger partial charge in [0, 0.05) is 36.2 Å². The number of amides is 1. The maximum atomic E-state index is 15.4. The Balaban J connectivity index is 1.56. The highest BCUT2D eigenvalue weighted by Gasteiger charge is 2.46. The molecule has 2 heterocycles. The number of carbonyl (C=O) groups is 1. The van der Waals surface area contributed by atoms with Gasteiger partial charge in [-0.3, -0.25) is 4.79 Å². The molecule has 2 aromatic rings. The van der Waals surface area contributed by atoms with E-state index in [0.29, 0.717) is 5.56 Å². The lowest BCUT2D eigenvalue weighted by Gasteiger charge is -2.47. The zero-order valence-corrected chi connectivity index (χ0v) is 18.0. The molecule has 0 spiro atoms. The van der Waals surface area contributed by atoms with Crippen LogP contribution in [0.5, 0.6) is 0 Å². The molecule has 4 rings (SSSR count). The lowest BCUT2D eigenvalue weighted by molar-refractivity contribution is -0.126. The summed E-state index contributed by atoms with van der Waals surface area (Å²) >= 11 is 0. The lowest BCUT2D eigenvalue weighted by atomic mass is 9.84. The molecular formula is C24H24F4N2O3. The first-order chi connectivity index (χ1) is 15.6.